The average Bonchev–Trinajstić information content (AvgIpc) is 2.86. The summed E-state index contributed by atoms with van der Waals surface area (Å²) in [5.74, 6) is 1.43. The van der Waals surface area contributed by atoms with Crippen LogP contribution in [0, 0.1) is 0 Å². The molecule has 5 heteroatoms. The normalized spacial score (nSPS) is 29.5. The van der Waals surface area contributed by atoms with Crippen molar-refractivity contribution in [1.29, 1.82) is 0 Å². The van der Waals surface area contributed by atoms with Crippen LogP contribution in [0.5, 0.6) is 0 Å². The largest absolute Gasteiger partial charge is 0.378 e. The van der Waals surface area contributed by atoms with Crippen molar-refractivity contribution in [2.75, 3.05) is 32.1 Å². The summed E-state index contributed by atoms with van der Waals surface area (Å²) in [7, 11) is 0. The molecule has 1 heterocycles. The van der Waals surface area contributed by atoms with Crippen molar-refractivity contribution in [3.05, 3.63) is 0 Å². The number of nitrogens with zero attached hydrogens (tertiary/aromatic N) is 1. The quantitative estimate of drug-likeness (QED) is 0.831. The molecule has 1 N–H and O–H groups in total. The van der Waals surface area contributed by atoms with Gasteiger partial charge in [0, 0.05) is 24.4 Å². The van der Waals surface area contributed by atoms with E-state index in [-0.39, 0.29) is 11.9 Å². The lowest BCUT2D eigenvalue weighted by molar-refractivity contribution is -0.137. The van der Waals surface area contributed by atoms with Gasteiger partial charge in [0.1, 0.15) is 0 Å². The van der Waals surface area contributed by atoms with Crippen LogP contribution in [0.25, 0.3) is 0 Å². The second-order valence-corrected chi connectivity index (χ2v) is 6.99. The SMILES string of the molecule is CCSC1CCC(NC(C)C(=O)N2CCOCC2)C1. The smallest absolute Gasteiger partial charge is 0.239 e. The van der Waals surface area contributed by atoms with Gasteiger partial charge in [-0.2, -0.15) is 11.8 Å². The van der Waals surface area contributed by atoms with E-state index in [1.807, 2.05) is 11.8 Å². The van der Waals surface area contributed by atoms with Crippen LogP contribution in [0.1, 0.15) is 33.1 Å². The summed E-state index contributed by atoms with van der Waals surface area (Å²) in [6.07, 6.45) is 3.70. The van der Waals surface area contributed by atoms with E-state index in [4.69, 9.17) is 4.74 Å². The molecule has 19 heavy (non-hydrogen) atoms. The van der Waals surface area contributed by atoms with Crippen LogP contribution in [-0.2, 0) is 9.53 Å². The molecule has 1 aliphatic carbocycles. The maximum absolute atomic E-state index is 12.3. The molecule has 1 amide bonds. The van der Waals surface area contributed by atoms with Gasteiger partial charge in [0.25, 0.3) is 0 Å². The second-order valence-electron chi connectivity index (χ2n) is 5.41. The summed E-state index contributed by atoms with van der Waals surface area (Å²) in [5, 5.41) is 4.30. The van der Waals surface area contributed by atoms with Crippen LogP contribution in [0.3, 0.4) is 0 Å². The summed E-state index contributed by atoms with van der Waals surface area (Å²) in [5.41, 5.74) is 0. The number of carbonyl (C=O) groups is 1. The number of morpholine rings is 1. The van der Waals surface area contributed by atoms with Crippen LogP contribution in [-0.4, -0.2) is 60.2 Å². The van der Waals surface area contributed by atoms with Gasteiger partial charge in [0.15, 0.2) is 0 Å². The van der Waals surface area contributed by atoms with E-state index in [1.165, 1.54) is 25.0 Å². The minimum atomic E-state index is -0.0616. The molecule has 0 radical (unpaired) electrons. The van der Waals surface area contributed by atoms with Gasteiger partial charge < -0.3 is 15.0 Å². The van der Waals surface area contributed by atoms with Gasteiger partial charge in [-0.25, -0.2) is 0 Å². The molecular weight excluding hydrogens is 260 g/mol. The Morgan fingerprint density at radius 1 is 1.42 bits per heavy atom. The van der Waals surface area contributed by atoms with Crippen molar-refractivity contribution in [2.45, 2.75) is 50.4 Å². The molecule has 2 rings (SSSR count). The highest BCUT2D eigenvalue weighted by atomic mass is 32.2. The molecule has 3 unspecified atom stereocenters. The standard InChI is InChI=1S/C14H26N2O2S/c1-3-19-13-5-4-12(10-13)15-11(2)14(17)16-6-8-18-9-7-16/h11-13,15H,3-10H2,1-2H3. The Balaban J connectivity index is 1.74. The molecule has 110 valence electrons. The number of rotatable bonds is 5. The molecule has 2 fully saturated rings. The molecule has 1 saturated heterocycles. The molecule has 3 atom stereocenters. The minimum absolute atomic E-state index is 0.0616. The van der Waals surface area contributed by atoms with Gasteiger partial charge in [-0.15, -0.1) is 0 Å². The van der Waals surface area contributed by atoms with E-state index in [1.54, 1.807) is 0 Å². The maximum atomic E-state index is 12.3. The lowest BCUT2D eigenvalue weighted by Crippen LogP contribution is -2.51. The fraction of sp³-hybridized carbons (Fsp3) is 0.929. The summed E-state index contributed by atoms with van der Waals surface area (Å²) in [4.78, 5) is 14.2. The van der Waals surface area contributed by atoms with Gasteiger partial charge in [-0.3, -0.25) is 4.79 Å². The van der Waals surface area contributed by atoms with Crippen molar-refractivity contribution in [3.63, 3.8) is 0 Å². The minimum Gasteiger partial charge on any atom is -0.378 e. The molecule has 0 bridgehead atoms. The van der Waals surface area contributed by atoms with Crippen LogP contribution < -0.4 is 5.32 Å². The highest BCUT2D eigenvalue weighted by Crippen LogP contribution is 2.29. The van der Waals surface area contributed by atoms with E-state index >= 15 is 0 Å². The third kappa shape index (κ3) is 4.36. The highest BCUT2D eigenvalue weighted by Gasteiger charge is 2.29. The highest BCUT2D eigenvalue weighted by molar-refractivity contribution is 7.99. The van der Waals surface area contributed by atoms with Crippen molar-refractivity contribution in [3.8, 4) is 0 Å². The van der Waals surface area contributed by atoms with E-state index < -0.39 is 0 Å². The third-order valence-corrected chi connectivity index (χ3v) is 5.20. The molecule has 1 saturated carbocycles. The first kappa shape index (κ1) is 15.1. The summed E-state index contributed by atoms with van der Waals surface area (Å²) >= 11 is 2.05. The molecule has 0 spiro atoms. The van der Waals surface area contributed by atoms with Gasteiger partial charge in [0.05, 0.1) is 19.3 Å². The van der Waals surface area contributed by atoms with Crippen molar-refractivity contribution in [2.24, 2.45) is 0 Å². The van der Waals surface area contributed by atoms with E-state index in [9.17, 15) is 4.79 Å². The predicted molar refractivity (Wildman–Crippen MR) is 79.6 cm³/mol. The van der Waals surface area contributed by atoms with E-state index in [0.29, 0.717) is 19.3 Å². The first-order valence-electron chi connectivity index (χ1n) is 7.45. The Labute approximate surface area is 120 Å². The topological polar surface area (TPSA) is 41.6 Å². The molecule has 1 aliphatic heterocycles. The monoisotopic (exact) mass is 286 g/mol. The number of thioether (sulfide) groups is 1. The first-order valence-corrected chi connectivity index (χ1v) is 8.49. The number of hydrogen-bond donors (Lipinski definition) is 1. The molecule has 2 aliphatic rings. The van der Waals surface area contributed by atoms with E-state index in [2.05, 4.69) is 24.0 Å². The zero-order valence-corrected chi connectivity index (χ0v) is 12.9. The van der Waals surface area contributed by atoms with Gasteiger partial charge in [0.2, 0.25) is 5.91 Å². The molecule has 0 aromatic rings. The fourth-order valence-electron chi connectivity index (χ4n) is 2.96. The Hall–Kier alpha value is -0.260. The Kier molecular flexibility index (Phi) is 5.98. The van der Waals surface area contributed by atoms with Gasteiger partial charge in [-0.05, 0) is 31.9 Å². The summed E-state index contributed by atoms with van der Waals surface area (Å²) in [6, 6.07) is 0.456. The fourth-order valence-corrected chi connectivity index (χ4v) is 4.10. The van der Waals surface area contributed by atoms with E-state index in [0.717, 1.165) is 18.3 Å². The van der Waals surface area contributed by atoms with Crippen LogP contribution in [0.2, 0.25) is 0 Å². The zero-order valence-electron chi connectivity index (χ0n) is 12.1. The third-order valence-electron chi connectivity index (χ3n) is 3.97. The predicted octanol–water partition coefficient (Wildman–Crippen LogP) is 1.50. The molecule has 0 aromatic heterocycles. The molecule has 0 aromatic carbocycles. The zero-order chi connectivity index (χ0) is 13.7. The van der Waals surface area contributed by atoms with Crippen molar-refractivity contribution < 1.29 is 9.53 Å². The number of amides is 1. The number of carbonyl (C=O) groups excluding carboxylic acids is 1. The number of hydrogen-bond acceptors (Lipinski definition) is 4. The van der Waals surface area contributed by atoms with Crippen LogP contribution in [0.4, 0.5) is 0 Å². The van der Waals surface area contributed by atoms with Gasteiger partial charge in [-0.1, -0.05) is 6.92 Å². The Morgan fingerprint density at radius 3 is 2.84 bits per heavy atom. The Bertz CT molecular complexity index is 295. The van der Waals surface area contributed by atoms with Crippen molar-refractivity contribution in [1.82, 2.24) is 10.2 Å². The van der Waals surface area contributed by atoms with Gasteiger partial charge >= 0.3 is 0 Å². The molecule has 4 nitrogen and oxygen atoms in total. The average molecular weight is 286 g/mol. The van der Waals surface area contributed by atoms with Crippen LogP contribution >= 0.6 is 11.8 Å². The second kappa shape index (κ2) is 7.50. The Morgan fingerprint density at radius 2 is 2.16 bits per heavy atom. The summed E-state index contributed by atoms with van der Waals surface area (Å²) in [6.45, 7) is 7.05. The molecular formula is C14H26N2O2S. The van der Waals surface area contributed by atoms with Crippen LogP contribution in [0.15, 0.2) is 0 Å². The number of ether oxygens (including phenoxy) is 1. The lowest BCUT2D eigenvalue weighted by Gasteiger charge is -2.30. The van der Waals surface area contributed by atoms with Crippen molar-refractivity contribution >= 4 is 17.7 Å². The summed E-state index contributed by atoms with van der Waals surface area (Å²) < 4.78 is 5.29. The lowest BCUT2D eigenvalue weighted by atomic mass is 10.2. The number of nitrogens with one attached hydrogen (secondary N) is 1. The first-order chi connectivity index (χ1) is 9.20. The maximum Gasteiger partial charge on any atom is 0.239 e.